The van der Waals surface area contributed by atoms with Gasteiger partial charge in [-0.1, -0.05) is 42.5 Å². The first-order chi connectivity index (χ1) is 18.2. The van der Waals surface area contributed by atoms with E-state index in [0.717, 1.165) is 66.1 Å². The van der Waals surface area contributed by atoms with Gasteiger partial charge in [-0.05, 0) is 23.1 Å². The summed E-state index contributed by atoms with van der Waals surface area (Å²) in [5.74, 6) is 2.31. The number of benzene rings is 3. The van der Waals surface area contributed by atoms with Gasteiger partial charge in [0.15, 0.2) is 11.5 Å². The van der Waals surface area contributed by atoms with Gasteiger partial charge in [0.1, 0.15) is 17.6 Å². The van der Waals surface area contributed by atoms with E-state index in [1.807, 2.05) is 34.9 Å². The van der Waals surface area contributed by atoms with Crippen molar-refractivity contribution in [2.45, 2.75) is 12.5 Å². The first kappa shape index (κ1) is 23.5. The second-order valence-electron chi connectivity index (χ2n) is 9.31. The molecule has 1 N–H and O–H groups in total. The molecule has 0 unspecified atom stereocenters. The van der Waals surface area contributed by atoms with Crippen LogP contribution < -0.4 is 19.7 Å². The predicted molar refractivity (Wildman–Crippen MR) is 140 cm³/mol. The molecule has 37 heavy (non-hydrogen) atoms. The summed E-state index contributed by atoms with van der Waals surface area (Å²) in [7, 11) is 3.27. The van der Waals surface area contributed by atoms with Crippen LogP contribution in [0.3, 0.4) is 0 Å². The third-order valence-corrected chi connectivity index (χ3v) is 7.30. The number of fused-ring (bicyclic) bond motifs is 4. The van der Waals surface area contributed by atoms with Crippen LogP contribution in [0, 0.1) is 5.41 Å². The van der Waals surface area contributed by atoms with Crippen molar-refractivity contribution in [1.29, 1.82) is 5.41 Å². The molecule has 0 radical (unpaired) electrons. The first-order valence-corrected chi connectivity index (χ1v) is 12.5. The summed E-state index contributed by atoms with van der Waals surface area (Å²) in [6.45, 7) is 4.82. The van der Waals surface area contributed by atoms with Crippen molar-refractivity contribution < 1.29 is 18.9 Å². The van der Waals surface area contributed by atoms with Gasteiger partial charge in [-0.25, -0.2) is 4.98 Å². The Labute approximate surface area is 215 Å². The molecule has 190 valence electrons. The number of hydrogen-bond donors (Lipinski definition) is 1. The highest BCUT2D eigenvalue weighted by molar-refractivity contribution is 5.91. The number of hydrogen-bond acceptors (Lipinski definition) is 7. The average molecular weight is 499 g/mol. The van der Waals surface area contributed by atoms with Crippen LogP contribution in [0.2, 0.25) is 0 Å². The smallest absolute Gasteiger partial charge is 0.228 e. The second kappa shape index (κ2) is 9.88. The summed E-state index contributed by atoms with van der Waals surface area (Å²) in [6.07, 6.45) is 1.73. The number of nitrogens with one attached hydrogen (secondary N) is 1. The molecule has 3 aromatic carbocycles. The van der Waals surface area contributed by atoms with Gasteiger partial charge in [-0.2, -0.15) is 0 Å². The number of ether oxygens (including phenoxy) is 4. The lowest BCUT2D eigenvalue weighted by Crippen LogP contribution is -2.40. The lowest BCUT2D eigenvalue weighted by Gasteiger charge is -2.30. The Morgan fingerprint density at radius 1 is 0.973 bits per heavy atom. The molecule has 2 aliphatic rings. The Kier molecular flexibility index (Phi) is 6.28. The molecule has 1 aromatic heterocycles. The topological polar surface area (TPSA) is 81.8 Å². The van der Waals surface area contributed by atoms with Crippen molar-refractivity contribution >= 4 is 10.8 Å². The van der Waals surface area contributed by atoms with E-state index >= 15 is 0 Å². The minimum atomic E-state index is -0.251. The van der Waals surface area contributed by atoms with Crippen molar-refractivity contribution in [1.82, 2.24) is 14.5 Å². The van der Waals surface area contributed by atoms with Gasteiger partial charge in [0.05, 0.1) is 33.0 Å². The Morgan fingerprint density at radius 2 is 1.78 bits per heavy atom. The number of rotatable bonds is 6. The van der Waals surface area contributed by atoms with Crippen LogP contribution in [-0.2, 0) is 11.3 Å². The third kappa shape index (κ3) is 4.22. The van der Waals surface area contributed by atoms with Gasteiger partial charge >= 0.3 is 0 Å². The fourth-order valence-corrected chi connectivity index (χ4v) is 5.32. The molecule has 0 spiro atoms. The minimum absolute atomic E-state index is 0.251. The molecule has 4 aromatic rings. The van der Waals surface area contributed by atoms with Crippen LogP contribution in [0.4, 0.5) is 0 Å². The maximum atomic E-state index is 9.25. The zero-order chi connectivity index (χ0) is 25.4. The van der Waals surface area contributed by atoms with Crippen LogP contribution in [0.1, 0.15) is 22.6 Å². The molecule has 1 saturated heterocycles. The van der Waals surface area contributed by atoms with Crippen LogP contribution in [0.15, 0.2) is 60.9 Å². The zero-order valence-electron chi connectivity index (χ0n) is 21.1. The van der Waals surface area contributed by atoms with Gasteiger partial charge in [-0.3, -0.25) is 10.3 Å². The first-order valence-electron chi connectivity index (χ1n) is 12.5. The summed E-state index contributed by atoms with van der Waals surface area (Å²) in [4.78, 5) is 7.08. The Balaban J connectivity index is 1.49. The molecule has 3 heterocycles. The average Bonchev–Trinajstić information content (AvgIpc) is 2.96. The minimum Gasteiger partial charge on any atom is -0.493 e. The Hall–Kier alpha value is -3.88. The van der Waals surface area contributed by atoms with Crippen molar-refractivity contribution in [3.8, 4) is 23.1 Å². The van der Waals surface area contributed by atoms with E-state index < -0.39 is 0 Å². The van der Waals surface area contributed by atoms with Crippen molar-refractivity contribution in [2.24, 2.45) is 0 Å². The summed E-state index contributed by atoms with van der Waals surface area (Å²) < 4.78 is 25.0. The fourth-order valence-electron chi connectivity index (χ4n) is 5.32. The highest BCUT2D eigenvalue weighted by Crippen LogP contribution is 2.48. The van der Waals surface area contributed by atoms with E-state index in [9.17, 15) is 5.41 Å². The molecule has 0 aliphatic carbocycles. The third-order valence-electron chi connectivity index (χ3n) is 7.30. The molecular weight excluding hydrogens is 468 g/mol. The Morgan fingerprint density at radius 3 is 2.59 bits per heavy atom. The number of aromatic nitrogens is 2. The van der Waals surface area contributed by atoms with E-state index in [1.165, 1.54) is 0 Å². The largest absolute Gasteiger partial charge is 0.493 e. The van der Waals surface area contributed by atoms with E-state index in [4.69, 9.17) is 23.9 Å². The highest BCUT2D eigenvalue weighted by Gasteiger charge is 2.33. The molecule has 1 fully saturated rings. The van der Waals surface area contributed by atoms with Crippen molar-refractivity contribution in [2.75, 3.05) is 47.1 Å². The van der Waals surface area contributed by atoms with Crippen molar-refractivity contribution in [3.63, 3.8) is 0 Å². The van der Waals surface area contributed by atoms with Gasteiger partial charge in [0.2, 0.25) is 5.88 Å². The van der Waals surface area contributed by atoms with Crippen molar-refractivity contribution in [3.05, 3.63) is 83.1 Å². The number of methoxy groups -OCH3 is 2. The predicted octanol–water partition coefficient (Wildman–Crippen LogP) is 4.15. The van der Waals surface area contributed by atoms with E-state index in [0.29, 0.717) is 29.4 Å². The van der Waals surface area contributed by atoms with Crippen LogP contribution in [-0.4, -0.2) is 61.5 Å². The molecule has 8 heteroatoms. The quantitative estimate of drug-likeness (QED) is 0.379. The van der Waals surface area contributed by atoms with Gasteiger partial charge in [0, 0.05) is 43.0 Å². The molecule has 0 saturated carbocycles. The molecule has 1 atom stereocenters. The summed E-state index contributed by atoms with van der Waals surface area (Å²) >= 11 is 0. The van der Waals surface area contributed by atoms with Crippen LogP contribution in [0.5, 0.6) is 23.1 Å². The van der Waals surface area contributed by atoms with Gasteiger partial charge in [-0.15, -0.1) is 0 Å². The summed E-state index contributed by atoms with van der Waals surface area (Å²) in [5, 5.41) is 11.4. The molecule has 0 amide bonds. The molecule has 8 nitrogen and oxygen atoms in total. The SMILES string of the molecule is COc1ccc([C@H]2c3ccc4ccccc4c3Oc3ncn(CCN4CCOCC4)c(=N)c32)cc1OC. The maximum Gasteiger partial charge on any atom is 0.228 e. The van der Waals surface area contributed by atoms with E-state index in [2.05, 4.69) is 29.2 Å². The Bertz CT molecular complexity index is 1510. The lowest BCUT2D eigenvalue weighted by molar-refractivity contribution is 0.0362. The standard InChI is InChI=1S/C29H30N4O4/c1-34-23-10-8-20(17-24(23)35-2)25-22-9-7-19-5-3-4-6-21(19)27(22)37-29-26(25)28(30)33(18-31-29)12-11-32-13-15-36-16-14-32/h3-10,17-18,25,30H,11-16H2,1-2H3/t25-/m0/s1. The highest BCUT2D eigenvalue weighted by atomic mass is 16.5. The normalized spacial score (nSPS) is 17.1. The van der Waals surface area contributed by atoms with Crippen LogP contribution in [0.25, 0.3) is 10.8 Å². The molecule has 2 aliphatic heterocycles. The summed E-state index contributed by atoms with van der Waals surface area (Å²) in [5.41, 5.74) is 3.14. The fraction of sp³-hybridized carbons (Fsp3) is 0.310. The number of morpholine rings is 1. The second-order valence-corrected chi connectivity index (χ2v) is 9.31. The zero-order valence-corrected chi connectivity index (χ0v) is 21.1. The monoisotopic (exact) mass is 498 g/mol. The summed E-state index contributed by atoms with van der Waals surface area (Å²) in [6, 6.07) is 18.3. The van der Waals surface area contributed by atoms with Gasteiger partial charge < -0.3 is 23.5 Å². The molecular formula is C29H30N4O4. The van der Waals surface area contributed by atoms with Gasteiger partial charge in [0.25, 0.3) is 0 Å². The lowest BCUT2D eigenvalue weighted by atomic mass is 9.82. The van der Waals surface area contributed by atoms with E-state index in [-0.39, 0.29) is 5.92 Å². The van der Waals surface area contributed by atoms with E-state index in [1.54, 1.807) is 20.5 Å². The number of nitrogens with zero attached hydrogens (tertiary/aromatic N) is 3. The molecule has 6 rings (SSSR count). The maximum absolute atomic E-state index is 9.25. The molecule has 0 bridgehead atoms. The van der Waals surface area contributed by atoms with Crippen LogP contribution >= 0.6 is 0 Å².